The Kier molecular flexibility index (Phi) is 7.70. The number of rotatable bonds is 8. The van der Waals surface area contributed by atoms with Crippen LogP contribution in [-0.4, -0.2) is 66.3 Å². The zero-order chi connectivity index (χ0) is 21.4. The molecule has 9 nitrogen and oxygen atoms in total. The van der Waals surface area contributed by atoms with Crippen LogP contribution < -0.4 is 15.5 Å². The van der Waals surface area contributed by atoms with Crippen molar-refractivity contribution < 1.29 is 29.4 Å². The molecule has 1 unspecified atom stereocenters. The number of ether oxygens (including phenoxy) is 1. The number of nitrogens with zero attached hydrogens (tertiary/aromatic N) is 1. The van der Waals surface area contributed by atoms with Gasteiger partial charge >= 0.3 is 0 Å². The van der Waals surface area contributed by atoms with Gasteiger partial charge in [-0.25, -0.2) is 5.48 Å². The molecule has 4 N–H and O–H groups in total. The van der Waals surface area contributed by atoms with Crippen LogP contribution in [0.15, 0.2) is 48.5 Å². The van der Waals surface area contributed by atoms with Crippen LogP contribution in [0.3, 0.4) is 0 Å². The molecule has 0 bridgehead atoms. The average molecular weight is 401 g/mol. The average Bonchev–Trinajstić information content (AvgIpc) is 2.75. The first-order valence-electron chi connectivity index (χ1n) is 8.77. The molecular weight excluding hydrogens is 378 g/mol. The summed E-state index contributed by atoms with van der Waals surface area (Å²) >= 11 is 0. The van der Waals surface area contributed by atoms with E-state index < -0.39 is 23.8 Å². The predicted molar refractivity (Wildman–Crippen MR) is 104 cm³/mol. The Morgan fingerprint density at radius 2 is 1.55 bits per heavy atom. The lowest BCUT2D eigenvalue weighted by Crippen LogP contribution is -2.54. The summed E-state index contributed by atoms with van der Waals surface area (Å²) in [5.41, 5.74) is 3.38. The van der Waals surface area contributed by atoms with Gasteiger partial charge in [0.2, 0.25) is 0 Å². The standard InChI is InChI=1S/C20H23N3O6/c1-23(2)20(27)17(19(26)22-28)21-18(25)15-5-3-13(4-6-15)14-7-9-16(10-8-14)29-12-11-24/h3-10,17,24,28H,11-12H2,1-2H3,(H,21,25)(H,22,26). The summed E-state index contributed by atoms with van der Waals surface area (Å²) in [5, 5.41) is 19.9. The van der Waals surface area contributed by atoms with Gasteiger partial charge in [0.1, 0.15) is 12.4 Å². The smallest absolute Gasteiger partial charge is 0.275 e. The van der Waals surface area contributed by atoms with Crippen molar-refractivity contribution in [1.29, 1.82) is 0 Å². The minimum Gasteiger partial charge on any atom is -0.491 e. The number of amides is 3. The molecule has 0 fully saturated rings. The summed E-state index contributed by atoms with van der Waals surface area (Å²) < 4.78 is 5.31. The number of carbonyl (C=O) groups excluding carboxylic acids is 3. The van der Waals surface area contributed by atoms with Crippen molar-refractivity contribution in [3.05, 3.63) is 54.1 Å². The molecule has 0 aromatic heterocycles. The molecule has 0 aliphatic carbocycles. The van der Waals surface area contributed by atoms with Crippen LogP contribution in [0.1, 0.15) is 10.4 Å². The van der Waals surface area contributed by atoms with Gasteiger partial charge in [-0.15, -0.1) is 0 Å². The molecule has 3 amide bonds. The maximum absolute atomic E-state index is 12.4. The number of nitrogens with one attached hydrogen (secondary N) is 2. The van der Waals surface area contributed by atoms with Crippen LogP contribution in [-0.2, 0) is 9.59 Å². The van der Waals surface area contributed by atoms with Gasteiger partial charge in [-0.3, -0.25) is 19.6 Å². The molecule has 29 heavy (non-hydrogen) atoms. The van der Waals surface area contributed by atoms with Crippen LogP contribution in [0.4, 0.5) is 0 Å². The fourth-order valence-corrected chi connectivity index (χ4v) is 2.50. The molecule has 0 saturated carbocycles. The fraction of sp³-hybridized carbons (Fsp3) is 0.250. The number of carbonyl (C=O) groups is 3. The molecule has 0 aliphatic heterocycles. The normalized spacial score (nSPS) is 11.3. The van der Waals surface area contributed by atoms with Crippen LogP contribution in [0.2, 0.25) is 0 Å². The largest absolute Gasteiger partial charge is 0.491 e. The summed E-state index contributed by atoms with van der Waals surface area (Å²) in [4.78, 5) is 37.3. The summed E-state index contributed by atoms with van der Waals surface area (Å²) in [6, 6.07) is 12.3. The Labute approximate surface area is 167 Å². The first-order valence-corrected chi connectivity index (χ1v) is 8.77. The second-order valence-corrected chi connectivity index (χ2v) is 6.29. The fourth-order valence-electron chi connectivity index (χ4n) is 2.50. The number of likely N-dealkylation sites (N-methyl/N-ethyl adjacent to an activating group) is 1. The monoisotopic (exact) mass is 401 g/mol. The number of aliphatic hydroxyl groups is 1. The van der Waals surface area contributed by atoms with Crippen molar-refractivity contribution in [2.24, 2.45) is 0 Å². The highest BCUT2D eigenvalue weighted by Gasteiger charge is 2.29. The van der Waals surface area contributed by atoms with Crippen LogP contribution in [0.25, 0.3) is 11.1 Å². The Bertz CT molecular complexity index is 850. The molecule has 0 aliphatic rings. The second kappa shape index (κ2) is 10.2. The molecule has 0 spiro atoms. The molecular formula is C20H23N3O6. The number of hydrogen-bond donors (Lipinski definition) is 4. The molecule has 2 aromatic carbocycles. The van der Waals surface area contributed by atoms with Crippen molar-refractivity contribution >= 4 is 17.7 Å². The van der Waals surface area contributed by atoms with E-state index in [4.69, 9.17) is 15.1 Å². The zero-order valence-electron chi connectivity index (χ0n) is 16.1. The summed E-state index contributed by atoms with van der Waals surface area (Å²) in [6.07, 6.45) is 0. The number of aliphatic hydroxyl groups excluding tert-OH is 1. The minimum atomic E-state index is -1.55. The Morgan fingerprint density at radius 1 is 1.00 bits per heavy atom. The van der Waals surface area contributed by atoms with E-state index in [9.17, 15) is 14.4 Å². The van der Waals surface area contributed by atoms with E-state index in [1.165, 1.54) is 19.6 Å². The quantitative estimate of drug-likeness (QED) is 0.288. The maximum Gasteiger partial charge on any atom is 0.275 e. The summed E-state index contributed by atoms with van der Waals surface area (Å²) in [6.45, 7) is 0.154. The molecule has 2 rings (SSSR count). The summed E-state index contributed by atoms with van der Waals surface area (Å²) in [7, 11) is 2.86. The van der Waals surface area contributed by atoms with Gasteiger partial charge in [0.15, 0.2) is 6.04 Å². The number of hydrogen-bond acceptors (Lipinski definition) is 6. The number of hydroxylamine groups is 1. The highest BCUT2D eigenvalue weighted by atomic mass is 16.5. The van der Waals surface area contributed by atoms with Crippen LogP contribution in [0, 0.1) is 0 Å². The molecule has 9 heteroatoms. The first-order chi connectivity index (χ1) is 13.9. The van der Waals surface area contributed by atoms with Crippen molar-refractivity contribution in [2.75, 3.05) is 27.3 Å². The van der Waals surface area contributed by atoms with Gasteiger partial charge in [0.05, 0.1) is 6.61 Å². The highest BCUT2D eigenvalue weighted by Crippen LogP contribution is 2.23. The number of benzene rings is 2. The van der Waals surface area contributed by atoms with E-state index >= 15 is 0 Å². The third-order valence-corrected chi connectivity index (χ3v) is 4.03. The molecule has 154 valence electrons. The van der Waals surface area contributed by atoms with Gasteiger partial charge in [-0.05, 0) is 35.4 Å². The van der Waals surface area contributed by atoms with Gasteiger partial charge in [-0.1, -0.05) is 24.3 Å². The lowest BCUT2D eigenvalue weighted by molar-refractivity contribution is -0.141. The lowest BCUT2D eigenvalue weighted by atomic mass is 10.0. The van der Waals surface area contributed by atoms with Crippen molar-refractivity contribution in [1.82, 2.24) is 15.7 Å². The molecule has 0 radical (unpaired) electrons. The van der Waals surface area contributed by atoms with E-state index in [2.05, 4.69) is 5.32 Å². The molecule has 0 saturated heterocycles. The van der Waals surface area contributed by atoms with E-state index in [0.717, 1.165) is 16.0 Å². The van der Waals surface area contributed by atoms with Crippen molar-refractivity contribution in [3.63, 3.8) is 0 Å². The lowest BCUT2D eigenvalue weighted by Gasteiger charge is -2.20. The van der Waals surface area contributed by atoms with E-state index in [1.54, 1.807) is 36.4 Å². The van der Waals surface area contributed by atoms with Crippen molar-refractivity contribution in [2.45, 2.75) is 6.04 Å². The van der Waals surface area contributed by atoms with Gasteiger partial charge in [-0.2, -0.15) is 0 Å². The Morgan fingerprint density at radius 3 is 2.03 bits per heavy atom. The summed E-state index contributed by atoms with van der Waals surface area (Å²) in [5.74, 6) is -1.70. The highest BCUT2D eigenvalue weighted by molar-refractivity contribution is 6.08. The second-order valence-electron chi connectivity index (χ2n) is 6.29. The van der Waals surface area contributed by atoms with Crippen LogP contribution >= 0.6 is 0 Å². The first kappa shape index (κ1) is 21.9. The molecule has 2 aromatic rings. The van der Waals surface area contributed by atoms with Crippen LogP contribution in [0.5, 0.6) is 5.75 Å². The van der Waals surface area contributed by atoms with Crippen molar-refractivity contribution in [3.8, 4) is 16.9 Å². The van der Waals surface area contributed by atoms with Gasteiger partial charge in [0.25, 0.3) is 17.7 Å². The third-order valence-electron chi connectivity index (χ3n) is 4.03. The van der Waals surface area contributed by atoms with Gasteiger partial charge < -0.3 is 20.1 Å². The predicted octanol–water partition coefficient (Wildman–Crippen LogP) is 0.417. The molecule has 1 atom stereocenters. The third kappa shape index (κ3) is 5.77. The van der Waals surface area contributed by atoms with E-state index in [-0.39, 0.29) is 18.8 Å². The maximum atomic E-state index is 12.4. The van der Waals surface area contributed by atoms with E-state index in [0.29, 0.717) is 5.75 Å². The van der Waals surface area contributed by atoms with Gasteiger partial charge in [0, 0.05) is 19.7 Å². The Hall–Kier alpha value is -3.43. The zero-order valence-corrected chi connectivity index (χ0v) is 16.1. The minimum absolute atomic E-state index is 0.0633. The molecule has 0 heterocycles. The SMILES string of the molecule is CN(C)C(=O)C(NC(=O)c1ccc(-c2ccc(OCCO)cc2)cc1)C(=O)NO. The van der Waals surface area contributed by atoms with E-state index in [1.807, 2.05) is 12.1 Å². The Balaban J connectivity index is 2.11. The topological polar surface area (TPSA) is 128 Å².